The summed E-state index contributed by atoms with van der Waals surface area (Å²) < 4.78 is 62.7. The minimum absolute atomic E-state index is 0.201. The molecule has 2 saturated carbocycles. The maximum atomic E-state index is 14.0. The van der Waals surface area contributed by atoms with Gasteiger partial charge in [0, 0.05) is 35.6 Å². The number of imidazole rings is 1. The number of halogens is 4. The summed E-state index contributed by atoms with van der Waals surface area (Å²) in [4.78, 5) is 13.7. The molecule has 2 fully saturated rings. The van der Waals surface area contributed by atoms with Crippen LogP contribution in [-0.4, -0.2) is 21.7 Å². The summed E-state index contributed by atoms with van der Waals surface area (Å²) in [6.07, 6.45) is 7.56. The molecule has 1 amide bonds. The highest BCUT2D eigenvalue weighted by Gasteiger charge is 2.34. The van der Waals surface area contributed by atoms with Crippen LogP contribution < -0.4 is 15.7 Å². The molecule has 0 aliphatic heterocycles. The van der Waals surface area contributed by atoms with Crippen molar-refractivity contribution in [1.29, 1.82) is 5.41 Å². The number of alkyl halides is 2. The second-order valence-corrected chi connectivity index (χ2v) is 11.1. The molecule has 2 N–H and O–H groups in total. The molecule has 42 heavy (non-hydrogen) atoms. The van der Waals surface area contributed by atoms with E-state index in [1.165, 1.54) is 12.1 Å². The molecule has 1 aromatic heterocycles. The summed E-state index contributed by atoms with van der Waals surface area (Å²) >= 11 is 0. The lowest BCUT2D eigenvalue weighted by atomic mass is 9.97. The third-order valence-corrected chi connectivity index (χ3v) is 7.86. The molecule has 6 rings (SSSR count). The first-order chi connectivity index (χ1) is 20.2. The fourth-order valence-corrected chi connectivity index (χ4v) is 5.40. The Kier molecular flexibility index (Phi) is 7.38. The van der Waals surface area contributed by atoms with Gasteiger partial charge in [-0.1, -0.05) is 12.1 Å². The Hall–Kier alpha value is -4.34. The molecular weight excluding hydrogens is 548 g/mol. The van der Waals surface area contributed by atoms with Gasteiger partial charge in [-0.25, -0.2) is 8.78 Å². The number of nitrogens with zero attached hydrogens (tertiary/aromatic N) is 2. The van der Waals surface area contributed by atoms with Crippen LogP contribution in [0.15, 0.2) is 67.0 Å². The minimum atomic E-state index is -3.17. The Labute approximate surface area is 240 Å². The first kappa shape index (κ1) is 27.8. The van der Waals surface area contributed by atoms with Gasteiger partial charge in [-0.15, -0.1) is 0 Å². The van der Waals surface area contributed by atoms with E-state index in [4.69, 9.17) is 5.41 Å². The zero-order chi connectivity index (χ0) is 29.5. The number of carbonyl (C=O) groups excluding carboxylic acids is 1. The number of amides is 1. The van der Waals surface area contributed by atoms with E-state index < -0.39 is 12.4 Å². The molecule has 0 unspecified atom stereocenters. The number of carbonyl (C=O) groups is 1. The van der Waals surface area contributed by atoms with E-state index in [0.29, 0.717) is 28.4 Å². The highest BCUT2D eigenvalue weighted by atomic mass is 19.3. The third kappa shape index (κ3) is 5.98. The highest BCUT2D eigenvalue weighted by molar-refractivity contribution is 5.96. The van der Waals surface area contributed by atoms with Gasteiger partial charge in [0.15, 0.2) is 0 Å². The van der Waals surface area contributed by atoms with Crippen LogP contribution in [0.4, 0.5) is 17.6 Å². The summed E-state index contributed by atoms with van der Waals surface area (Å²) in [5.41, 5.74) is 3.13. The van der Waals surface area contributed by atoms with Crippen molar-refractivity contribution in [2.24, 2.45) is 5.92 Å². The van der Waals surface area contributed by atoms with E-state index in [0.717, 1.165) is 43.4 Å². The molecule has 0 spiro atoms. The van der Waals surface area contributed by atoms with Crippen molar-refractivity contribution in [3.05, 3.63) is 106 Å². The van der Waals surface area contributed by atoms with Crippen LogP contribution >= 0.6 is 0 Å². The van der Waals surface area contributed by atoms with Gasteiger partial charge < -0.3 is 19.2 Å². The molecule has 1 heterocycles. The van der Waals surface area contributed by atoms with Crippen LogP contribution in [0.3, 0.4) is 0 Å². The summed E-state index contributed by atoms with van der Waals surface area (Å²) in [5, 5.41) is 11.7. The maximum absolute atomic E-state index is 14.0. The van der Waals surface area contributed by atoms with Crippen molar-refractivity contribution < 1.29 is 27.1 Å². The van der Waals surface area contributed by atoms with E-state index in [2.05, 4.69) is 10.1 Å². The lowest BCUT2D eigenvalue weighted by Crippen LogP contribution is -2.30. The number of aryl methyl sites for hydroxylation is 1. The fourth-order valence-electron chi connectivity index (χ4n) is 5.40. The normalized spacial score (nSPS) is 15.6. The number of benzene rings is 3. The zero-order valence-electron chi connectivity index (χ0n) is 22.9. The van der Waals surface area contributed by atoms with Crippen molar-refractivity contribution in [1.82, 2.24) is 14.5 Å². The molecule has 4 aromatic rings. The summed E-state index contributed by atoms with van der Waals surface area (Å²) in [6.45, 7) is -1.24. The molecule has 0 saturated heterocycles. The topological polar surface area (TPSA) is 72.0 Å². The number of hydrogen-bond acceptors (Lipinski definition) is 3. The molecule has 2 aliphatic carbocycles. The Morgan fingerprint density at radius 3 is 2.50 bits per heavy atom. The molecule has 2 aliphatic rings. The summed E-state index contributed by atoms with van der Waals surface area (Å²) in [6, 6.07) is 13.2. The van der Waals surface area contributed by atoms with Gasteiger partial charge in [-0.2, -0.15) is 8.78 Å². The van der Waals surface area contributed by atoms with Crippen LogP contribution in [0.1, 0.15) is 64.8 Å². The van der Waals surface area contributed by atoms with Crippen LogP contribution in [0.25, 0.3) is 11.1 Å². The lowest BCUT2D eigenvalue weighted by Gasteiger charge is -2.20. The first-order valence-corrected chi connectivity index (χ1v) is 13.9. The zero-order valence-corrected chi connectivity index (χ0v) is 22.9. The van der Waals surface area contributed by atoms with Gasteiger partial charge in [0.05, 0.1) is 12.6 Å². The maximum Gasteiger partial charge on any atom is 0.387 e. The molecule has 218 valence electrons. The average molecular weight is 579 g/mol. The van der Waals surface area contributed by atoms with Crippen LogP contribution in [-0.2, 0) is 6.54 Å². The molecule has 1 atom stereocenters. The number of nitrogens with one attached hydrogen (secondary N) is 2. The Bertz CT molecular complexity index is 1710. The molecule has 3 aromatic carbocycles. The Morgan fingerprint density at radius 2 is 1.81 bits per heavy atom. The van der Waals surface area contributed by atoms with Crippen LogP contribution in [0.5, 0.6) is 5.75 Å². The molecule has 0 bridgehead atoms. The molecular formula is C32H30F4N4O2. The number of hydrogen-bond donors (Lipinski definition) is 2. The fraction of sp³-hybridized carbons (Fsp3) is 0.312. The van der Waals surface area contributed by atoms with E-state index in [-0.39, 0.29) is 47.1 Å². The predicted octanol–water partition coefficient (Wildman–Crippen LogP) is 6.89. The second-order valence-electron chi connectivity index (χ2n) is 11.1. The first-order valence-electron chi connectivity index (χ1n) is 13.9. The SMILES string of the molecule is Cc1cc([C@@H](NC(=O)c2cc(Cn3ccn(C4CC4)c3=N)cc(-c3ccc(F)cc3OC(F)F)c2)C2CC2)ccc1F. The summed E-state index contributed by atoms with van der Waals surface area (Å²) in [5.74, 6) is -1.57. The number of ether oxygens (including phenoxy) is 1. The number of rotatable bonds is 10. The molecule has 10 heteroatoms. The molecule has 0 radical (unpaired) electrons. The van der Waals surface area contributed by atoms with Gasteiger partial charge in [-0.3, -0.25) is 10.2 Å². The highest BCUT2D eigenvalue weighted by Crippen LogP contribution is 2.42. The van der Waals surface area contributed by atoms with Gasteiger partial charge in [-0.05, 0) is 97.2 Å². The standard InChI is InChI=1S/C32H30F4N4O2/c1-18-12-21(4-9-27(18)34)29(20-2-3-20)38-30(41)23-14-19(17-39-10-11-40(32(39)37)25-6-7-25)13-22(15-23)26-8-5-24(33)16-28(26)42-31(35)36/h4-5,8-16,20,25,29,31,37H,2-3,6-7,17H2,1H3,(H,38,41)/t29-/m0/s1. The van der Waals surface area contributed by atoms with Crippen molar-refractivity contribution >= 4 is 5.91 Å². The van der Waals surface area contributed by atoms with Crippen LogP contribution in [0, 0.1) is 29.9 Å². The van der Waals surface area contributed by atoms with Crippen molar-refractivity contribution in [3.63, 3.8) is 0 Å². The Balaban J connectivity index is 1.38. The largest absolute Gasteiger partial charge is 0.434 e. The molecule has 6 nitrogen and oxygen atoms in total. The van der Waals surface area contributed by atoms with Crippen molar-refractivity contribution in [2.45, 2.75) is 57.8 Å². The van der Waals surface area contributed by atoms with Gasteiger partial charge in [0.25, 0.3) is 5.91 Å². The van der Waals surface area contributed by atoms with Gasteiger partial charge in [0.1, 0.15) is 17.4 Å². The van der Waals surface area contributed by atoms with Gasteiger partial charge in [0.2, 0.25) is 5.62 Å². The van der Waals surface area contributed by atoms with Crippen LogP contribution in [0.2, 0.25) is 0 Å². The van der Waals surface area contributed by atoms with Crippen molar-refractivity contribution in [2.75, 3.05) is 0 Å². The monoisotopic (exact) mass is 578 g/mol. The predicted molar refractivity (Wildman–Crippen MR) is 148 cm³/mol. The smallest absolute Gasteiger partial charge is 0.387 e. The van der Waals surface area contributed by atoms with Gasteiger partial charge >= 0.3 is 6.61 Å². The second kappa shape index (κ2) is 11.2. The van der Waals surface area contributed by atoms with Crippen molar-refractivity contribution in [3.8, 4) is 16.9 Å². The minimum Gasteiger partial charge on any atom is -0.434 e. The quantitative estimate of drug-likeness (QED) is 0.201. The third-order valence-electron chi connectivity index (χ3n) is 7.86. The van der Waals surface area contributed by atoms with E-state index >= 15 is 0 Å². The van der Waals surface area contributed by atoms with E-state index in [1.807, 2.05) is 10.8 Å². The number of aromatic nitrogens is 2. The van der Waals surface area contributed by atoms with E-state index in [9.17, 15) is 22.4 Å². The lowest BCUT2D eigenvalue weighted by molar-refractivity contribution is -0.0496. The average Bonchev–Trinajstić information content (AvgIpc) is 3.88. The Morgan fingerprint density at radius 1 is 1.02 bits per heavy atom. The summed E-state index contributed by atoms with van der Waals surface area (Å²) in [7, 11) is 0. The van der Waals surface area contributed by atoms with E-state index in [1.54, 1.807) is 48.0 Å².